The minimum Gasteiger partial charge on any atom is -0.362 e. The quantitative estimate of drug-likeness (QED) is 0.495. The van der Waals surface area contributed by atoms with Crippen molar-refractivity contribution in [1.82, 2.24) is 19.1 Å². The first-order chi connectivity index (χ1) is 16.0. The Morgan fingerprint density at radius 2 is 1.85 bits per heavy atom. The summed E-state index contributed by atoms with van der Waals surface area (Å²) in [4.78, 5) is 7.30. The highest BCUT2D eigenvalue weighted by molar-refractivity contribution is 7.10. The van der Waals surface area contributed by atoms with Gasteiger partial charge in [0.05, 0.1) is 5.69 Å². The van der Waals surface area contributed by atoms with Gasteiger partial charge in [-0.05, 0) is 74.0 Å². The molecule has 3 aromatic rings. The van der Waals surface area contributed by atoms with Gasteiger partial charge in [0.1, 0.15) is 10.8 Å². The summed E-state index contributed by atoms with van der Waals surface area (Å²) in [7, 11) is 0. The van der Waals surface area contributed by atoms with Gasteiger partial charge in [-0.2, -0.15) is 9.47 Å². The van der Waals surface area contributed by atoms with E-state index in [1.54, 1.807) is 11.5 Å². The average Bonchev–Trinajstić information content (AvgIpc) is 3.48. The number of fused-ring (bicyclic) bond motifs is 3. The molecule has 2 bridgehead atoms. The van der Waals surface area contributed by atoms with Gasteiger partial charge in [-0.15, -0.1) is 0 Å². The van der Waals surface area contributed by atoms with Gasteiger partial charge in [0.25, 0.3) is 0 Å². The van der Waals surface area contributed by atoms with Crippen LogP contribution in [0.3, 0.4) is 0 Å². The number of aromatic nitrogens is 4. The highest BCUT2D eigenvalue weighted by atomic mass is 32.1. The number of hydrogen-bond donors (Lipinski definition) is 0. The molecule has 0 radical (unpaired) electrons. The average molecular weight is 474 g/mol. The highest BCUT2D eigenvalue weighted by Crippen LogP contribution is 2.45. The molecule has 2 aromatic heterocycles. The number of nitrogens with zero attached hydrogens (tertiary/aromatic N) is 5. The molecule has 1 saturated carbocycles. The minimum atomic E-state index is -1.41. The number of aryl methyl sites for hydroxylation is 2. The number of halogens is 3. The molecular formula is C24H26F3N5S. The lowest BCUT2D eigenvalue weighted by Gasteiger charge is -2.38. The number of benzene rings is 1. The largest absolute Gasteiger partial charge is 0.362 e. The van der Waals surface area contributed by atoms with Crippen LogP contribution in [-0.2, 0) is 13.0 Å². The molecule has 2 aliphatic heterocycles. The molecule has 2 fully saturated rings. The van der Waals surface area contributed by atoms with Crippen LogP contribution in [0.15, 0.2) is 18.2 Å². The number of hydrogen-bond acceptors (Lipinski definition) is 5. The molecule has 174 valence electrons. The van der Waals surface area contributed by atoms with Gasteiger partial charge in [-0.25, -0.2) is 22.8 Å². The maximum Gasteiger partial charge on any atom is 0.194 e. The Hall–Kier alpha value is -2.42. The third-order valence-electron chi connectivity index (χ3n) is 7.73. The topological polar surface area (TPSA) is 46.8 Å². The zero-order valence-electron chi connectivity index (χ0n) is 18.5. The van der Waals surface area contributed by atoms with Gasteiger partial charge >= 0.3 is 0 Å². The Bertz CT molecular complexity index is 1180. The van der Waals surface area contributed by atoms with Crippen LogP contribution in [0.2, 0.25) is 0 Å². The van der Waals surface area contributed by atoms with Crippen molar-refractivity contribution in [2.45, 2.75) is 51.5 Å². The predicted molar refractivity (Wildman–Crippen MR) is 120 cm³/mol. The van der Waals surface area contributed by atoms with E-state index in [0.29, 0.717) is 30.0 Å². The summed E-state index contributed by atoms with van der Waals surface area (Å²) in [5, 5.41) is 6.02. The van der Waals surface area contributed by atoms with Crippen molar-refractivity contribution >= 4 is 16.5 Å². The Kier molecular flexibility index (Phi) is 5.19. The molecule has 6 rings (SSSR count). The van der Waals surface area contributed by atoms with Crippen LogP contribution < -0.4 is 4.90 Å². The number of piperidine rings is 1. The summed E-state index contributed by atoms with van der Waals surface area (Å²) in [6, 6.07) is 4.52. The first-order valence-corrected chi connectivity index (χ1v) is 12.5. The zero-order chi connectivity index (χ0) is 22.7. The van der Waals surface area contributed by atoms with Crippen LogP contribution >= 0.6 is 11.5 Å². The maximum absolute atomic E-state index is 14.5. The summed E-state index contributed by atoms with van der Waals surface area (Å²) >= 11 is 1.58. The van der Waals surface area contributed by atoms with Crippen molar-refractivity contribution in [3.8, 4) is 0 Å². The predicted octanol–water partition coefficient (Wildman–Crippen LogP) is 5.09. The fourth-order valence-corrected chi connectivity index (χ4v) is 6.93. The van der Waals surface area contributed by atoms with Gasteiger partial charge in [0, 0.05) is 37.5 Å². The van der Waals surface area contributed by atoms with E-state index in [0.717, 1.165) is 50.1 Å². The van der Waals surface area contributed by atoms with Crippen molar-refractivity contribution in [2.24, 2.45) is 17.8 Å². The summed E-state index contributed by atoms with van der Waals surface area (Å²) < 4.78 is 48.2. The standard InChI is InChI=1S/C24H26F3N5S/c1-13-9-21(33-30-13)31-11-14-4-5-15(12-31)18(14)10-20-28-24-17(3-2-8-32(24)29-20)16-6-7-19(25)23(27)22(16)26/h6-7,9,14-15,17-18H,2-5,8,10-12H2,1H3/t14-,15+,17?,18?. The van der Waals surface area contributed by atoms with E-state index in [1.165, 1.54) is 23.9 Å². The van der Waals surface area contributed by atoms with Crippen molar-refractivity contribution in [3.63, 3.8) is 0 Å². The third kappa shape index (κ3) is 3.64. The monoisotopic (exact) mass is 473 g/mol. The number of anilines is 1. The zero-order valence-corrected chi connectivity index (χ0v) is 19.3. The Labute approximate surface area is 194 Å². The SMILES string of the molecule is Cc1cc(N2C[C@H]3CC[C@@H](C2)C3Cc2nc3n(n2)CCCC3c2ccc(F)c(F)c2F)sn1. The molecule has 9 heteroatoms. The molecule has 4 heterocycles. The lowest BCUT2D eigenvalue weighted by atomic mass is 9.82. The van der Waals surface area contributed by atoms with E-state index in [9.17, 15) is 13.2 Å². The smallest absolute Gasteiger partial charge is 0.194 e. The van der Waals surface area contributed by atoms with Crippen LogP contribution in [0, 0.1) is 42.1 Å². The molecule has 1 aromatic carbocycles. The van der Waals surface area contributed by atoms with E-state index >= 15 is 0 Å². The van der Waals surface area contributed by atoms with Crippen LogP contribution in [0.5, 0.6) is 0 Å². The second-order valence-corrected chi connectivity index (χ2v) is 10.5. The van der Waals surface area contributed by atoms with Crippen LogP contribution in [0.25, 0.3) is 0 Å². The fraction of sp³-hybridized carbons (Fsp3) is 0.542. The van der Waals surface area contributed by atoms with E-state index < -0.39 is 23.4 Å². The molecule has 5 nitrogen and oxygen atoms in total. The van der Waals surface area contributed by atoms with E-state index in [-0.39, 0.29) is 5.56 Å². The summed E-state index contributed by atoms with van der Waals surface area (Å²) in [6.07, 6.45) is 4.71. The Morgan fingerprint density at radius 1 is 1.06 bits per heavy atom. The molecule has 1 aliphatic carbocycles. The van der Waals surface area contributed by atoms with Crippen molar-refractivity contribution in [3.05, 3.63) is 58.6 Å². The summed E-state index contributed by atoms with van der Waals surface area (Å²) in [5.41, 5.74) is 1.24. The van der Waals surface area contributed by atoms with Crippen molar-refractivity contribution in [2.75, 3.05) is 18.0 Å². The fourth-order valence-electron chi connectivity index (χ4n) is 6.15. The molecule has 2 unspecified atom stereocenters. The first-order valence-electron chi connectivity index (χ1n) is 11.7. The van der Waals surface area contributed by atoms with E-state index in [1.807, 2.05) is 11.6 Å². The molecule has 4 atom stereocenters. The Balaban J connectivity index is 1.22. The van der Waals surface area contributed by atoms with Gasteiger partial charge < -0.3 is 4.90 Å². The summed E-state index contributed by atoms with van der Waals surface area (Å²) in [5.74, 6) is -0.872. The van der Waals surface area contributed by atoms with Crippen molar-refractivity contribution in [1.29, 1.82) is 0 Å². The lowest BCUT2D eigenvalue weighted by Crippen LogP contribution is -2.42. The molecule has 0 N–H and O–H groups in total. The third-order valence-corrected chi connectivity index (χ3v) is 8.68. The van der Waals surface area contributed by atoms with Gasteiger partial charge in [0.15, 0.2) is 23.3 Å². The van der Waals surface area contributed by atoms with E-state index in [4.69, 9.17) is 10.1 Å². The minimum absolute atomic E-state index is 0.169. The van der Waals surface area contributed by atoms with Gasteiger partial charge in [0.2, 0.25) is 0 Å². The molecule has 3 aliphatic rings. The Morgan fingerprint density at radius 3 is 2.58 bits per heavy atom. The van der Waals surface area contributed by atoms with Gasteiger partial charge in [-0.3, -0.25) is 0 Å². The van der Waals surface area contributed by atoms with Crippen LogP contribution in [0.1, 0.15) is 54.5 Å². The van der Waals surface area contributed by atoms with E-state index in [2.05, 4.69) is 15.3 Å². The molecular weight excluding hydrogens is 447 g/mol. The second kappa shape index (κ2) is 8.11. The number of rotatable bonds is 4. The van der Waals surface area contributed by atoms with Crippen LogP contribution in [-0.4, -0.2) is 32.2 Å². The summed E-state index contributed by atoms with van der Waals surface area (Å²) in [6.45, 7) is 4.84. The molecule has 0 spiro atoms. The molecule has 0 amide bonds. The van der Waals surface area contributed by atoms with Crippen LogP contribution in [0.4, 0.5) is 18.2 Å². The normalized spacial score (nSPS) is 26.6. The molecule has 1 saturated heterocycles. The molecule has 33 heavy (non-hydrogen) atoms. The first kappa shape index (κ1) is 21.1. The second-order valence-electron chi connectivity index (χ2n) is 9.75. The lowest BCUT2D eigenvalue weighted by molar-refractivity contribution is 0.266. The maximum atomic E-state index is 14.5. The van der Waals surface area contributed by atoms with Crippen molar-refractivity contribution < 1.29 is 13.2 Å². The highest BCUT2D eigenvalue weighted by Gasteiger charge is 2.43. The van der Waals surface area contributed by atoms with Gasteiger partial charge in [-0.1, -0.05) is 6.07 Å².